The van der Waals surface area contributed by atoms with Gasteiger partial charge in [0.25, 0.3) is 0 Å². The van der Waals surface area contributed by atoms with E-state index in [9.17, 15) is 5.11 Å². The zero-order valence-corrected chi connectivity index (χ0v) is 9.55. The van der Waals surface area contributed by atoms with Crippen LogP contribution in [-0.4, -0.2) is 33.1 Å². The van der Waals surface area contributed by atoms with Gasteiger partial charge in [-0.05, 0) is 12.1 Å². The van der Waals surface area contributed by atoms with Crippen LogP contribution in [0.25, 0.3) is 11.0 Å². The van der Waals surface area contributed by atoms with Crippen LogP contribution >= 0.6 is 11.8 Å². The van der Waals surface area contributed by atoms with E-state index in [0.717, 1.165) is 34.9 Å². The summed E-state index contributed by atoms with van der Waals surface area (Å²) in [6, 6.07) is 5.51. The molecule has 3 N–H and O–H groups in total. The summed E-state index contributed by atoms with van der Waals surface area (Å²) in [6.45, 7) is 1.03. The molecule has 0 radical (unpaired) electrons. The van der Waals surface area contributed by atoms with Crippen LogP contribution in [0.4, 0.5) is 0 Å². The molecule has 1 saturated heterocycles. The first-order valence-corrected chi connectivity index (χ1v) is 6.48. The van der Waals surface area contributed by atoms with E-state index in [1.807, 2.05) is 17.8 Å². The van der Waals surface area contributed by atoms with E-state index in [4.69, 9.17) is 0 Å². The number of nitrogens with one attached hydrogen (secondary N) is 2. The number of phenolic OH excluding ortho intramolecular Hbond substituents is 1. The summed E-state index contributed by atoms with van der Waals surface area (Å²) in [5.74, 6) is 3.45. The Bertz CT molecular complexity index is 505. The van der Waals surface area contributed by atoms with Crippen LogP contribution in [0, 0.1) is 0 Å². The fourth-order valence-electron chi connectivity index (χ4n) is 1.92. The molecule has 2 heterocycles. The fourth-order valence-corrected chi connectivity index (χ4v) is 2.86. The summed E-state index contributed by atoms with van der Waals surface area (Å²) in [5, 5.41) is 12.8. The highest BCUT2D eigenvalue weighted by atomic mass is 32.2. The maximum atomic E-state index is 9.38. The molecule has 84 valence electrons. The Balaban J connectivity index is 1.97. The first-order chi connectivity index (χ1) is 7.83. The number of thioether (sulfide) groups is 1. The summed E-state index contributed by atoms with van der Waals surface area (Å²) >= 11 is 1.94. The van der Waals surface area contributed by atoms with E-state index < -0.39 is 0 Å². The van der Waals surface area contributed by atoms with E-state index >= 15 is 0 Å². The van der Waals surface area contributed by atoms with Crippen molar-refractivity contribution in [1.82, 2.24) is 15.3 Å². The Morgan fingerprint density at radius 2 is 2.38 bits per heavy atom. The largest absolute Gasteiger partial charge is 0.508 e. The van der Waals surface area contributed by atoms with Crippen molar-refractivity contribution in [2.45, 2.75) is 6.04 Å². The number of fused-ring (bicyclic) bond motifs is 1. The Kier molecular flexibility index (Phi) is 2.49. The van der Waals surface area contributed by atoms with Crippen LogP contribution < -0.4 is 5.32 Å². The zero-order chi connectivity index (χ0) is 11.0. The van der Waals surface area contributed by atoms with Gasteiger partial charge in [-0.2, -0.15) is 11.8 Å². The van der Waals surface area contributed by atoms with E-state index in [-0.39, 0.29) is 5.75 Å². The number of aromatic amines is 1. The highest BCUT2D eigenvalue weighted by Crippen LogP contribution is 2.23. The number of aromatic hydroxyl groups is 1. The second-order valence-corrected chi connectivity index (χ2v) is 5.05. The van der Waals surface area contributed by atoms with Crippen LogP contribution in [0.1, 0.15) is 11.9 Å². The second-order valence-electron chi connectivity index (χ2n) is 3.91. The third kappa shape index (κ3) is 1.76. The summed E-state index contributed by atoms with van der Waals surface area (Å²) < 4.78 is 0. The SMILES string of the molecule is Oc1ccc2nc(C3CSCCN3)[nH]c2c1. The molecular formula is C11H13N3OS. The van der Waals surface area contributed by atoms with Crippen LogP contribution in [0.5, 0.6) is 5.75 Å². The molecule has 4 nitrogen and oxygen atoms in total. The van der Waals surface area contributed by atoms with Gasteiger partial charge in [0, 0.05) is 24.1 Å². The third-order valence-electron chi connectivity index (χ3n) is 2.74. The number of rotatable bonds is 1. The molecule has 5 heteroatoms. The number of benzene rings is 1. The van der Waals surface area contributed by atoms with Crippen molar-refractivity contribution in [3.05, 3.63) is 24.0 Å². The molecule has 2 aromatic rings. The third-order valence-corrected chi connectivity index (χ3v) is 3.80. The van der Waals surface area contributed by atoms with Crippen molar-refractivity contribution >= 4 is 22.8 Å². The number of hydrogen-bond acceptors (Lipinski definition) is 4. The Morgan fingerprint density at radius 3 is 3.19 bits per heavy atom. The molecule has 1 aliphatic rings. The predicted molar refractivity (Wildman–Crippen MR) is 65.8 cm³/mol. The Hall–Kier alpha value is -1.20. The van der Waals surface area contributed by atoms with E-state index in [0.29, 0.717) is 6.04 Å². The minimum absolute atomic E-state index is 0.272. The average Bonchev–Trinajstić information content (AvgIpc) is 2.73. The molecular weight excluding hydrogens is 222 g/mol. The molecule has 0 bridgehead atoms. The molecule has 0 saturated carbocycles. The minimum atomic E-state index is 0.272. The highest BCUT2D eigenvalue weighted by molar-refractivity contribution is 7.99. The maximum Gasteiger partial charge on any atom is 0.125 e. The topological polar surface area (TPSA) is 60.9 Å². The van der Waals surface area contributed by atoms with Gasteiger partial charge in [-0.25, -0.2) is 4.98 Å². The molecule has 1 atom stereocenters. The Labute approximate surface area is 97.5 Å². The van der Waals surface area contributed by atoms with Crippen molar-refractivity contribution in [2.24, 2.45) is 0 Å². The lowest BCUT2D eigenvalue weighted by molar-refractivity contribution is 0.476. The summed E-state index contributed by atoms with van der Waals surface area (Å²) in [5.41, 5.74) is 1.80. The smallest absolute Gasteiger partial charge is 0.125 e. The Morgan fingerprint density at radius 1 is 1.44 bits per heavy atom. The van der Waals surface area contributed by atoms with Crippen molar-refractivity contribution in [3.8, 4) is 5.75 Å². The molecule has 0 aliphatic carbocycles. The van der Waals surface area contributed by atoms with Crippen molar-refractivity contribution < 1.29 is 5.11 Å². The first kappa shape index (κ1) is 9.99. The average molecular weight is 235 g/mol. The molecule has 0 amide bonds. The number of aromatic nitrogens is 2. The van der Waals surface area contributed by atoms with Gasteiger partial charge in [-0.15, -0.1) is 0 Å². The van der Waals surface area contributed by atoms with Crippen LogP contribution in [-0.2, 0) is 0 Å². The predicted octanol–water partition coefficient (Wildman–Crippen LogP) is 1.65. The van der Waals surface area contributed by atoms with Crippen molar-refractivity contribution in [2.75, 3.05) is 18.1 Å². The molecule has 1 aromatic heterocycles. The van der Waals surface area contributed by atoms with Gasteiger partial charge in [-0.1, -0.05) is 0 Å². The van der Waals surface area contributed by atoms with Gasteiger partial charge >= 0.3 is 0 Å². The quantitative estimate of drug-likeness (QED) is 0.703. The number of H-pyrrole nitrogens is 1. The lowest BCUT2D eigenvalue weighted by Gasteiger charge is -2.20. The second kappa shape index (κ2) is 3.99. The van der Waals surface area contributed by atoms with E-state index in [1.54, 1.807) is 12.1 Å². The van der Waals surface area contributed by atoms with E-state index in [1.165, 1.54) is 0 Å². The summed E-state index contributed by atoms with van der Waals surface area (Å²) in [7, 11) is 0. The van der Waals surface area contributed by atoms with Crippen LogP contribution in [0.2, 0.25) is 0 Å². The maximum absolute atomic E-state index is 9.38. The highest BCUT2D eigenvalue weighted by Gasteiger charge is 2.18. The lowest BCUT2D eigenvalue weighted by atomic mass is 10.3. The van der Waals surface area contributed by atoms with Crippen molar-refractivity contribution in [3.63, 3.8) is 0 Å². The molecule has 1 aliphatic heterocycles. The molecule has 16 heavy (non-hydrogen) atoms. The van der Waals surface area contributed by atoms with E-state index in [2.05, 4.69) is 15.3 Å². The number of phenols is 1. The monoisotopic (exact) mass is 235 g/mol. The van der Waals surface area contributed by atoms with Gasteiger partial charge < -0.3 is 15.4 Å². The summed E-state index contributed by atoms with van der Waals surface area (Å²) in [4.78, 5) is 7.79. The number of nitrogens with zero attached hydrogens (tertiary/aromatic N) is 1. The fraction of sp³-hybridized carbons (Fsp3) is 0.364. The molecule has 1 fully saturated rings. The van der Waals surface area contributed by atoms with Gasteiger partial charge in [0.2, 0.25) is 0 Å². The van der Waals surface area contributed by atoms with Crippen LogP contribution in [0.15, 0.2) is 18.2 Å². The number of imidazole rings is 1. The standard InChI is InChI=1S/C11H13N3OS/c15-7-1-2-8-9(5-7)14-11(13-8)10-6-16-4-3-12-10/h1-2,5,10,12,15H,3-4,6H2,(H,13,14). The molecule has 0 spiro atoms. The first-order valence-electron chi connectivity index (χ1n) is 5.33. The molecule has 1 unspecified atom stereocenters. The summed E-state index contributed by atoms with van der Waals surface area (Å²) in [6.07, 6.45) is 0. The van der Waals surface area contributed by atoms with Gasteiger partial charge in [-0.3, -0.25) is 0 Å². The normalized spacial score (nSPS) is 21.4. The minimum Gasteiger partial charge on any atom is -0.508 e. The lowest BCUT2D eigenvalue weighted by Crippen LogP contribution is -2.30. The van der Waals surface area contributed by atoms with Crippen LogP contribution in [0.3, 0.4) is 0 Å². The van der Waals surface area contributed by atoms with Gasteiger partial charge in [0.05, 0.1) is 17.1 Å². The molecule has 1 aromatic carbocycles. The van der Waals surface area contributed by atoms with Gasteiger partial charge in [0.15, 0.2) is 0 Å². The molecule has 3 rings (SSSR count). The van der Waals surface area contributed by atoms with Gasteiger partial charge in [0.1, 0.15) is 11.6 Å². The zero-order valence-electron chi connectivity index (χ0n) is 8.73. The number of hydrogen-bond donors (Lipinski definition) is 3. The van der Waals surface area contributed by atoms with Crippen molar-refractivity contribution in [1.29, 1.82) is 0 Å².